The van der Waals surface area contributed by atoms with E-state index < -0.39 is 0 Å². The van der Waals surface area contributed by atoms with Crippen LogP contribution in [0.5, 0.6) is 11.5 Å². The van der Waals surface area contributed by atoms with E-state index in [1.807, 2.05) is 46.9 Å². The number of allylic oxidation sites excluding steroid dienone is 4. The van der Waals surface area contributed by atoms with Crippen molar-refractivity contribution in [1.29, 1.82) is 10.5 Å². The molecule has 4 aliphatic rings. The minimum atomic E-state index is -0.187. The van der Waals surface area contributed by atoms with E-state index in [0.29, 0.717) is 15.8 Å². The highest BCUT2D eigenvalue weighted by molar-refractivity contribution is 7.40. The van der Waals surface area contributed by atoms with E-state index in [4.69, 9.17) is 22.6 Å². The maximum absolute atomic E-state index is 9.45. The number of nitrogens with zero attached hydrogens (tertiary/aromatic N) is 6. The number of rotatable bonds is 6. The topological polar surface area (TPSA) is 99.5 Å². The average molecular weight is 787 g/mol. The number of hydrogen-bond donors (Lipinski definition) is 0. The maximum Gasteiger partial charge on any atom is 0.350 e. The van der Waals surface area contributed by atoms with Gasteiger partial charge in [0.1, 0.15) is 23.6 Å². The molecule has 0 radical (unpaired) electrons. The van der Waals surface area contributed by atoms with Crippen LogP contribution in [0.25, 0.3) is 49.4 Å². The lowest BCUT2D eigenvalue weighted by Gasteiger charge is -2.38. The molecule has 2 saturated carbocycles. The van der Waals surface area contributed by atoms with Gasteiger partial charge in [0.05, 0.1) is 43.0 Å². The van der Waals surface area contributed by atoms with Gasteiger partial charge in [-0.05, 0) is 54.0 Å². The van der Waals surface area contributed by atoms with E-state index in [1.54, 1.807) is 48.0 Å². The van der Waals surface area contributed by atoms with Crippen molar-refractivity contribution in [3.8, 4) is 33.4 Å². The van der Waals surface area contributed by atoms with Gasteiger partial charge in [-0.25, -0.2) is 10.5 Å². The number of nitriles is 2. The van der Waals surface area contributed by atoms with E-state index >= 15 is 0 Å². The Bertz CT molecular complexity index is 2640. The van der Waals surface area contributed by atoms with Crippen molar-refractivity contribution < 1.29 is 9.47 Å². The SMILES string of the molecule is [C-]#[N+]C(C#N)=Nc1cc(OC)c(C2=CC3=C(c4sc5c(sc6cc(-c7sc(N=C(C#N)[N+]#[C-])cc7OC)sc65)c4C34CCCCC4)C23CCCCC3)s1. The molecule has 5 aromatic rings. The Morgan fingerprint density at radius 2 is 1.28 bits per heavy atom. The van der Waals surface area contributed by atoms with E-state index in [-0.39, 0.29) is 22.5 Å². The van der Waals surface area contributed by atoms with Gasteiger partial charge in [0.15, 0.2) is 0 Å². The molecule has 8 nitrogen and oxygen atoms in total. The summed E-state index contributed by atoms with van der Waals surface area (Å²) in [4.78, 5) is 19.8. The van der Waals surface area contributed by atoms with Crippen molar-refractivity contribution in [2.45, 2.75) is 69.6 Å². The predicted molar refractivity (Wildman–Crippen MR) is 220 cm³/mol. The summed E-state index contributed by atoms with van der Waals surface area (Å²) in [5.74, 6) is 1.11. The molecule has 0 saturated heterocycles. The number of amidine groups is 2. The Morgan fingerprint density at radius 1 is 0.698 bits per heavy atom. The summed E-state index contributed by atoms with van der Waals surface area (Å²) < 4.78 is 17.2. The van der Waals surface area contributed by atoms with Crippen molar-refractivity contribution in [1.82, 2.24) is 0 Å². The molecule has 2 fully saturated rings. The molecule has 13 heteroatoms. The molecular formula is C40H30N6O2S5. The van der Waals surface area contributed by atoms with Gasteiger partial charge in [-0.1, -0.05) is 90.4 Å². The van der Waals surface area contributed by atoms with Crippen LogP contribution in [0.3, 0.4) is 0 Å². The summed E-state index contributed by atoms with van der Waals surface area (Å²) in [7, 11) is 3.35. The lowest BCUT2D eigenvalue weighted by molar-refractivity contribution is 0.347. The summed E-state index contributed by atoms with van der Waals surface area (Å²) >= 11 is 8.70. The van der Waals surface area contributed by atoms with Gasteiger partial charge in [-0.2, -0.15) is 0 Å². The van der Waals surface area contributed by atoms with Crippen molar-refractivity contribution in [2.24, 2.45) is 15.4 Å². The number of aliphatic imine (C=N–C) groups is 2. The Kier molecular flexibility index (Phi) is 8.42. The number of fused-ring (bicyclic) bond motifs is 9. The van der Waals surface area contributed by atoms with Gasteiger partial charge in [0.25, 0.3) is 0 Å². The van der Waals surface area contributed by atoms with E-state index in [9.17, 15) is 10.5 Å². The fourth-order valence-electron chi connectivity index (χ4n) is 9.19. The van der Waals surface area contributed by atoms with Gasteiger partial charge < -0.3 is 19.2 Å². The van der Waals surface area contributed by atoms with E-state index in [2.05, 4.69) is 31.8 Å². The number of ether oxygens (including phenoxy) is 2. The zero-order chi connectivity index (χ0) is 36.5. The molecule has 0 aromatic carbocycles. The Balaban J connectivity index is 1.21. The van der Waals surface area contributed by atoms with E-state index in [0.717, 1.165) is 46.1 Å². The Hall–Kier alpha value is -4.60. The quantitative estimate of drug-likeness (QED) is 0.0972. The molecule has 262 valence electrons. The molecule has 5 aromatic heterocycles. The molecule has 0 atom stereocenters. The van der Waals surface area contributed by atoms with Gasteiger partial charge in [0, 0.05) is 32.5 Å². The zero-order valence-corrected chi connectivity index (χ0v) is 33.0. The first-order valence-corrected chi connectivity index (χ1v) is 21.6. The first-order chi connectivity index (χ1) is 25.9. The predicted octanol–water partition coefficient (Wildman–Crippen LogP) is 12.9. The summed E-state index contributed by atoms with van der Waals surface area (Å²) in [5, 5.41) is 19.9. The van der Waals surface area contributed by atoms with Crippen LogP contribution in [-0.2, 0) is 5.41 Å². The first-order valence-electron chi connectivity index (χ1n) is 17.5. The molecule has 4 aliphatic carbocycles. The van der Waals surface area contributed by atoms with Crippen LogP contribution in [0, 0.1) is 41.2 Å². The summed E-state index contributed by atoms with van der Waals surface area (Å²) in [5.41, 5.74) is 5.85. The van der Waals surface area contributed by atoms with Gasteiger partial charge in [-0.15, -0.1) is 34.0 Å². The summed E-state index contributed by atoms with van der Waals surface area (Å²) in [6, 6.07) is 9.77. The van der Waals surface area contributed by atoms with Crippen LogP contribution in [0.2, 0.25) is 0 Å². The highest BCUT2D eigenvalue weighted by atomic mass is 32.1. The molecule has 0 amide bonds. The minimum absolute atomic E-state index is 0.0159. The lowest BCUT2D eigenvalue weighted by atomic mass is 9.66. The first kappa shape index (κ1) is 34.2. The third-order valence-electron chi connectivity index (χ3n) is 11.3. The Labute approximate surface area is 326 Å². The second-order valence-corrected chi connectivity index (χ2v) is 19.0. The second kappa shape index (κ2) is 13.1. The summed E-state index contributed by atoms with van der Waals surface area (Å²) in [6.45, 7) is 14.6. The van der Waals surface area contributed by atoms with Crippen LogP contribution in [0.1, 0.15) is 79.5 Å². The average Bonchev–Trinajstić information content (AvgIpc) is 4.05. The smallest absolute Gasteiger partial charge is 0.350 e. The van der Waals surface area contributed by atoms with Gasteiger partial charge >= 0.3 is 11.7 Å². The van der Waals surface area contributed by atoms with Gasteiger partial charge in [-0.3, -0.25) is 0 Å². The minimum Gasteiger partial charge on any atom is -0.495 e. The molecular weight excluding hydrogens is 757 g/mol. The van der Waals surface area contributed by atoms with Crippen LogP contribution in [-0.4, -0.2) is 25.9 Å². The summed E-state index contributed by atoms with van der Waals surface area (Å²) in [6.07, 6.45) is 14.3. The largest absolute Gasteiger partial charge is 0.495 e. The normalized spacial score (nSPS) is 18.9. The van der Waals surface area contributed by atoms with Gasteiger partial charge in [0.2, 0.25) is 10.0 Å². The number of methoxy groups -OCH3 is 2. The maximum atomic E-state index is 9.45. The van der Waals surface area contributed by atoms with Crippen LogP contribution >= 0.6 is 56.7 Å². The number of thiophene rings is 5. The molecule has 9 rings (SSSR count). The van der Waals surface area contributed by atoms with E-state index in [1.165, 1.54) is 84.7 Å². The third-order valence-corrected chi connectivity index (χ3v) is 17.4. The van der Waals surface area contributed by atoms with Crippen molar-refractivity contribution >= 4 is 108 Å². The number of hydrogen-bond acceptors (Lipinski definition) is 11. The molecule has 5 heterocycles. The van der Waals surface area contributed by atoms with Crippen LogP contribution < -0.4 is 9.47 Å². The fraction of sp³-hybridized carbons (Fsp3) is 0.350. The molecule has 2 spiro atoms. The molecule has 0 unspecified atom stereocenters. The standard InChI is InChI=1S/C40H30N6O2S5/c1-43-27(19-41)45-29-16-23(47-3)33(51-29)22-15-21-31(40(22)13-9-6-10-14-40)36-32(39(21)11-7-5-8-12-39)37-38(53-36)35-26(50-37)18-25(49-35)34-24(48-4)17-30(52-34)46-28(20-42)44-2/h15-18H,5-14H2,3-4H3. The van der Waals surface area contributed by atoms with Crippen molar-refractivity contribution in [2.75, 3.05) is 14.2 Å². The third kappa shape index (κ3) is 5.03. The molecule has 0 aliphatic heterocycles. The molecule has 53 heavy (non-hydrogen) atoms. The Morgan fingerprint density at radius 3 is 1.87 bits per heavy atom. The highest BCUT2D eigenvalue weighted by Crippen LogP contribution is 2.72. The van der Waals surface area contributed by atoms with Crippen LogP contribution in [0.15, 0.2) is 39.8 Å². The van der Waals surface area contributed by atoms with Crippen LogP contribution in [0.4, 0.5) is 10.0 Å². The van der Waals surface area contributed by atoms with Crippen molar-refractivity contribution in [3.63, 3.8) is 0 Å². The monoisotopic (exact) mass is 786 g/mol. The van der Waals surface area contributed by atoms with Crippen molar-refractivity contribution in [3.05, 3.63) is 68.0 Å². The molecule has 0 N–H and O–H groups in total. The molecule has 0 bridgehead atoms. The highest BCUT2D eigenvalue weighted by Gasteiger charge is 2.57. The fourth-order valence-corrected chi connectivity index (χ4v) is 16.0. The lowest BCUT2D eigenvalue weighted by Crippen LogP contribution is -2.28. The second-order valence-electron chi connectivity index (χ2n) is 13.8. The zero-order valence-electron chi connectivity index (χ0n) is 28.9.